The van der Waals surface area contributed by atoms with Crippen molar-refractivity contribution in [3.8, 4) is 0 Å². The summed E-state index contributed by atoms with van der Waals surface area (Å²) in [5.74, 6) is -1.53. The highest BCUT2D eigenvalue weighted by atomic mass is 16.4. The summed E-state index contributed by atoms with van der Waals surface area (Å²) in [5, 5.41) is 14.5. The van der Waals surface area contributed by atoms with E-state index < -0.39 is 11.4 Å². The van der Waals surface area contributed by atoms with Gasteiger partial charge in [-0.2, -0.15) is 0 Å². The average Bonchev–Trinajstić information content (AvgIpc) is 2.36. The zero-order valence-electron chi connectivity index (χ0n) is 12.2. The Hall–Kier alpha value is -1.59. The number of aliphatic carboxylic acids is 1. The van der Waals surface area contributed by atoms with E-state index in [0.717, 1.165) is 19.3 Å². The third-order valence-electron chi connectivity index (χ3n) is 3.66. The lowest BCUT2D eigenvalue weighted by Crippen LogP contribution is -2.43. The van der Waals surface area contributed by atoms with E-state index in [1.54, 1.807) is 0 Å². The van der Waals surface area contributed by atoms with E-state index >= 15 is 0 Å². The highest BCUT2D eigenvalue weighted by Crippen LogP contribution is 2.39. The van der Waals surface area contributed by atoms with Gasteiger partial charge in [0.15, 0.2) is 0 Å². The number of carbonyl (C=O) groups is 3. The van der Waals surface area contributed by atoms with Crippen LogP contribution in [0.2, 0.25) is 0 Å². The van der Waals surface area contributed by atoms with E-state index in [2.05, 4.69) is 10.6 Å². The Bertz CT molecular complexity index is 373. The molecule has 1 aliphatic carbocycles. The molecule has 0 aromatic carbocycles. The molecule has 3 N–H and O–H groups in total. The van der Waals surface area contributed by atoms with Crippen molar-refractivity contribution < 1.29 is 19.5 Å². The smallest absolute Gasteiger partial charge is 0.310 e. The van der Waals surface area contributed by atoms with Gasteiger partial charge < -0.3 is 15.7 Å². The number of hydrogen-bond acceptors (Lipinski definition) is 3. The molecule has 1 saturated carbocycles. The molecule has 0 aromatic rings. The number of hydrogen-bond donors (Lipinski definition) is 3. The molecule has 1 rings (SSSR count). The lowest BCUT2D eigenvalue weighted by Gasteiger charge is -2.32. The fourth-order valence-corrected chi connectivity index (χ4v) is 2.62. The molecule has 1 fully saturated rings. The second-order valence-corrected chi connectivity index (χ2v) is 5.82. The van der Waals surface area contributed by atoms with E-state index in [1.165, 1.54) is 0 Å². The molecular formula is C14H24N2O4. The van der Waals surface area contributed by atoms with Gasteiger partial charge in [0.2, 0.25) is 11.8 Å². The molecular weight excluding hydrogens is 260 g/mol. The summed E-state index contributed by atoms with van der Waals surface area (Å²) in [6.07, 6.45) is 3.73. The summed E-state index contributed by atoms with van der Waals surface area (Å²) in [6.45, 7) is 3.56. The second kappa shape index (κ2) is 7.26. The molecule has 0 saturated heterocycles. The molecule has 0 spiro atoms. The number of nitrogens with one attached hydrogen (secondary N) is 2. The summed E-state index contributed by atoms with van der Waals surface area (Å²) in [4.78, 5) is 34.7. The molecule has 0 bridgehead atoms. The van der Waals surface area contributed by atoms with Crippen molar-refractivity contribution >= 4 is 17.8 Å². The summed E-state index contributed by atoms with van der Waals surface area (Å²) in [5.41, 5.74) is -0.948. The first-order chi connectivity index (χ1) is 9.35. The minimum atomic E-state index is -0.948. The minimum Gasteiger partial charge on any atom is -0.481 e. The van der Waals surface area contributed by atoms with Gasteiger partial charge in [-0.15, -0.1) is 0 Å². The zero-order chi connectivity index (χ0) is 15.2. The van der Waals surface area contributed by atoms with Crippen LogP contribution < -0.4 is 10.6 Å². The second-order valence-electron chi connectivity index (χ2n) is 5.82. The Labute approximate surface area is 119 Å². The molecule has 6 nitrogen and oxygen atoms in total. The zero-order valence-corrected chi connectivity index (χ0v) is 12.2. The van der Waals surface area contributed by atoms with Crippen LogP contribution in [0.3, 0.4) is 0 Å². The average molecular weight is 284 g/mol. The topological polar surface area (TPSA) is 95.5 Å². The molecule has 0 unspecified atom stereocenters. The van der Waals surface area contributed by atoms with Gasteiger partial charge >= 0.3 is 5.97 Å². The van der Waals surface area contributed by atoms with E-state index in [0.29, 0.717) is 12.8 Å². The maximum absolute atomic E-state index is 11.9. The van der Waals surface area contributed by atoms with Crippen LogP contribution in [-0.4, -0.2) is 35.5 Å². The fraction of sp³-hybridized carbons (Fsp3) is 0.786. The van der Waals surface area contributed by atoms with Crippen LogP contribution in [0.5, 0.6) is 0 Å². The van der Waals surface area contributed by atoms with Crippen LogP contribution in [0.15, 0.2) is 0 Å². The van der Waals surface area contributed by atoms with Gasteiger partial charge in [-0.25, -0.2) is 0 Å². The number of amides is 2. The molecule has 0 aliphatic heterocycles. The Morgan fingerprint density at radius 2 is 1.70 bits per heavy atom. The van der Waals surface area contributed by atoms with Crippen molar-refractivity contribution in [3.63, 3.8) is 0 Å². The normalized spacial score (nSPS) is 17.6. The largest absolute Gasteiger partial charge is 0.481 e. The van der Waals surface area contributed by atoms with Crippen molar-refractivity contribution in [2.75, 3.05) is 6.54 Å². The van der Waals surface area contributed by atoms with Gasteiger partial charge in [-0.05, 0) is 26.7 Å². The Kier molecular flexibility index (Phi) is 5.98. The number of carbonyl (C=O) groups excluding carboxylic acids is 2. The van der Waals surface area contributed by atoms with Crippen molar-refractivity contribution in [1.29, 1.82) is 0 Å². The van der Waals surface area contributed by atoms with Crippen LogP contribution >= 0.6 is 0 Å². The Balaban J connectivity index is 2.47. The van der Waals surface area contributed by atoms with E-state index in [-0.39, 0.29) is 30.8 Å². The number of rotatable bonds is 6. The van der Waals surface area contributed by atoms with Gasteiger partial charge in [-0.3, -0.25) is 14.4 Å². The van der Waals surface area contributed by atoms with Crippen molar-refractivity contribution in [2.24, 2.45) is 5.41 Å². The molecule has 6 heteroatoms. The quantitative estimate of drug-likeness (QED) is 0.679. The SMILES string of the molecule is CC(C)NC(=O)CNC(=O)CC1(C(=O)O)CCCCC1. The molecule has 0 atom stereocenters. The maximum Gasteiger partial charge on any atom is 0.310 e. The van der Waals surface area contributed by atoms with Gasteiger partial charge in [0.1, 0.15) is 0 Å². The van der Waals surface area contributed by atoms with E-state index in [4.69, 9.17) is 0 Å². The standard InChI is InChI=1S/C14H24N2O4/c1-10(2)16-12(18)9-15-11(17)8-14(13(19)20)6-4-3-5-7-14/h10H,3-9H2,1-2H3,(H,15,17)(H,16,18)(H,19,20). The molecule has 1 aliphatic rings. The van der Waals surface area contributed by atoms with E-state index in [1.807, 2.05) is 13.8 Å². The predicted molar refractivity (Wildman–Crippen MR) is 74.1 cm³/mol. The fourth-order valence-electron chi connectivity index (χ4n) is 2.62. The van der Waals surface area contributed by atoms with Crippen LogP contribution in [0.4, 0.5) is 0 Å². The first-order valence-electron chi connectivity index (χ1n) is 7.15. The number of carboxylic acids is 1. The Morgan fingerprint density at radius 1 is 1.10 bits per heavy atom. The van der Waals surface area contributed by atoms with Gasteiger partial charge in [0.25, 0.3) is 0 Å². The summed E-state index contributed by atoms with van der Waals surface area (Å²) in [7, 11) is 0. The lowest BCUT2D eigenvalue weighted by atomic mass is 9.71. The first-order valence-corrected chi connectivity index (χ1v) is 7.15. The van der Waals surface area contributed by atoms with Crippen LogP contribution in [0, 0.1) is 5.41 Å². The summed E-state index contributed by atoms with van der Waals surface area (Å²) < 4.78 is 0. The van der Waals surface area contributed by atoms with Crippen molar-refractivity contribution in [3.05, 3.63) is 0 Å². The van der Waals surface area contributed by atoms with Crippen LogP contribution in [0.1, 0.15) is 52.4 Å². The summed E-state index contributed by atoms with van der Waals surface area (Å²) in [6, 6.07) is 0.0168. The van der Waals surface area contributed by atoms with E-state index in [9.17, 15) is 19.5 Å². The monoisotopic (exact) mass is 284 g/mol. The Morgan fingerprint density at radius 3 is 2.20 bits per heavy atom. The minimum absolute atomic E-state index is 0.0168. The summed E-state index contributed by atoms with van der Waals surface area (Å²) >= 11 is 0. The molecule has 0 radical (unpaired) electrons. The molecule has 114 valence electrons. The predicted octanol–water partition coefficient (Wildman–Crippen LogP) is 1.05. The van der Waals surface area contributed by atoms with Crippen molar-refractivity contribution in [1.82, 2.24) is 10.6 Å². The van der Waals surface area contributed by atoms with Gasteiger partial charge in [0.05, 0.1) is 12.0 Å². The highest BCUT2D eigenvalue weighted by Gasteiger charge is 2.41. The third kappa shape index (κ3) is 4.83. The first kappa shape index (κ1) is 16.5. The lowest BCUT2D eigenvalue weighted by molar-refractivity contribution is -0.154. The van der Waals surface area contributed by atoms with Crippen LogP contribution in [0.25, 0.3) is 0 Å². The molecule has 2 amide bonds. The van der Waals surface area contributed by atoms with Crippen molar-refractivity contribution in [2.45, 2.75) is 58.4 Å². The molecule has 0 aromatic heterocycles. The van der Waals surface area contributed by atoms with Gasteiger partial charge in [0, 0.05) is 12.5 Å². The van der Waals surface area contributed by atoms with Gasteiger partial charge in [-0.1, -0.05) is 19.3 Å². The maximum atomic E-state index is 11.9. The van der Waals surface area contributed by atoms with Crippen LogP contribution in [-0.2, 0) is 14.4 Å². The third-order valence-corrected chi connectivity index (χ3v) is 3.66. The number of carboxylic acid groups (broad SMARTS) is 1. The molecule has 0 heterocycles. The highest BCUT2D eigenvalue weighted by molar-refractivity contribution is 5.88. The molecule has 20 heavy (non-hydrogen) atoms.